The van der Waals surface area contributed by atoms with E-state index in [4.69, 9.17) is 0 Å². The van der Waals surface area contributed by atoms with Gasteiger partial charge in [0.15, 0.2) is 0 Å². The number of likely N-dealkylation sites (tertiary alicyclic amines) is 1. The molecule has 1 aliphatic heterocycles. The molecule has 22 heavy (non-hydrogen) atoms. The standard InChI is InChI=1S/C17H25N3O2/c1-3-13(2)18-16(21)14-9-11-20(12-10-14)17(22)19-15-7-5-4-6-8-15/h4-8,13-14H,3,9-12H2,1-2H3,(H,18,21)(H,19,22). The first kappa shape index (κ1) is 16.3. The van der Waals surface area contributed by atoms with Crippen molar-refractivity contribution in [1.82, 2.24) is 10.2 Å². The molecule has 1 saturated heterocycles. The fourth-order valence-electron chi connectivity index (χ4n) is 2.53. The van der Waals surface area contributed by atoms with Gasteiger partial charge in [0.05, 0.1) is 0 Å². The lowest BCUT2D eigenvalue weighted by Gasteiger charge is -2.31. The highest BCUT2D eigenvalue weighted by atomic mass is 16.2. The Kier molecular flexibility index (Phi) is 5.81. The summed E-state index contributed by atoms with van der Waals surface area (Å²) in [5, 5.41) is 5.91. The molecule has 1 aliphatic rings. The van der Waals surface area contributed by atoms with Crippen molar-refractivity contribution in [3.05, 3.63) is 30.3 Å². The van der Waals surface area contributed by atoms with Crippen LogP contribution in [0.15, 0.2) is 30.3 Å². The third-order valence-corrected chi connectivity index (χ3v) is 4.18. The summed E-state index contributed by atoms with van der Waals surface area (Å²) in [5.74, 6) is 0.146. The number of amides is 3. The minimum absolute atomic E-state index is 0.0229. The Morgan fingerprint density at radius 1 is 1.23 bits per heavy atom. The number of hydrogen-bond acceptors (Lipinski definition) is 2. The van der Waals surface area contributed by atoms with E-state index in [2.05, 4.69) is 17.6 Å². The van der Waals surface area contributed by atoms with Crippen LogP contribution in [0.25, 0.3) is 0 Å². The minimum Gasteiger partial charge on any atom is -0.353 e. The van der Waals surface area contributed by atoms with E-state index in [0.717, 1.165) is 24.9 Å². The number of para-hydroxylation sites is 1. The first-order valence-electron chi connectivity index (χ1n) is 8.01. The van der Waals surface area contributed by atoms with Gasteiger partial charge in [-0.3, -0.25) is 4.79 Å². The van der Waals surface area contributed by atoms with Crippen LogP contribution in [-0.2, 0) is 4.79 Å². The van der Waals surface area contributed by atoms with Crippen molar-refractivity contribution in [1.29, 1.82) is 0 Å². The quantitative estimate of drug-likeness (QED) is 0.898. The maximum Gasteiger partial charge on any atom is 0.321 e. The van der Waals surface area contributed by atoms with Gasteiger partial charge in [-0.05, 0) is 38.3 Å². The lowest BCUT2D eigenvalue weighted by molar-refractivity contribution is -0.126. The van der Waals surface area contributed by atoms with Gasteiger partial charge in [-0.2, -0.15) is 0 Å². The Morgan fingerprint density at radius 3 is 2.45 bits per heavy atom. The van der Waals surface area contributed by atoms with Crippen LogP contribution in [-0.4, -0.2) is 36.0 Å². The number of piperidine rings is 1. The van der Waals surface area contributed by atoms with Crippen LogP contribution in [0.1, 0.15) is 33.1 Å². The zero-order chi connectivity index (χ0) is 15.9. The predicted molar refractivity (Wildman–Crippen MR) is 87.7 cm³/mol. The van der Waals surface area contributed by atoms with Crippen LogP contribution in [0.2, 0.25) is 0 Å². The maximum atomic E-state index is 12.2. The molecule has 1 fully saturated rings. The molecule has 0 bridgehead atoms. The number of carbonyl (C=O) groups excluding carboxylic acids is 2. The van der Waals surface area contributed by atoms with Crippen LogP contribution in [0.5, 0.6) is 0 Å². The molecule has 5 heteroatoms. The molecule has 1 unspecified atom stereocenters. The smallest absolute Gasteiger partial charge is 0.321 e. The molecule has 2 rings (SSSR count). The van der Waals surface area contributed by atoms with Crippen molar-refractivity contribution >= 4 is 17.6 Å². The van der Waals surface area contributed by atoms with Crippen LogP contribution >= 0.6 is 0 Å². The number of rotatable bonds is 4. The zero-order valence-corrected chi connectivity index (χ0v) is 13.3. The Bertz CT molecular complexity index is 496. The predicted octanol–water partition coefficient (Wildman–Crippen LogP) is 2.85. The van der Waals surface area contributed by atoms with Gasteiger partial charge in [0.2, 0.25) is 5.91 Å². The van der Waals surface area contributed by atoms with Gasteiger partial charge in [0, 0.05) is 30.7 Å². The number of urea groups is 1. The van der Waals surface area contributed by atoms with E-state index in [1.807, 2.05) is 37.3 Å². The molecule has 0 spiro atoms. The Labute approximate surface area is 132 Å². The van der Waals surface area contributed by atoms with Gasteiger partial charge in [-0.25, -0.2) is 4.79 Å². The topological polar surface area (TPSA) is 61.4 Å². The number of carbonyl (C=O) groups is 2. The van der Waals surface area contributed by atoms with Gasteiger partial charge in [0.1, 0.15) is 0 Å². The average Bonchev–Trinajstić information content (AvgIpc) is 2.55. The lowest BCUT2D eigenvalue weighted by Crippen LogP contribution is -2.45. The van der Waals surface area contributed by atoms with Crippen molar-refractivity contribution in [3.8, 4) is 0 Å². The SMILES string of the molecule is CCC(C)NC(=O)C1CCN(C(=O)Nc2ccccc2)CC1. The summed E-state index contributed by atoms with van der Waals surface area (Å²) in [6.07, 6.45) is 2.39. The molecule has 2 N–H and O–H groups in total. The highest BCUT2D eigenvalue weighted by Gasteiger charge is 2.27. The monoisotopic (exact) mass is 303 g/mol. The maximum absolute atomic E-state index is 12.2. The Balaban J connectivity index is 1.79. The van der Waals surface area contributed by atoms with Crippen molar-refractivity contribution in [3.63, 3.8) is 0 Å². The second kappa shape index (κ2) is 7.82. The van der Waals surface area contributed by atoms with Gasteiger partial charge >= 0.3 is 6.03 Å². The van der Waals surface area contributed by atoms with Gasteiger partial charge in [0.25, 0.3) is 0 Å². The third-order valence-electron chi connectivity index (χ3n) is 4.18. The minimum atomic E-state index is -0.0908. The van der Waals surface area contributed by atoms with Gasteiger partial charge < -0.3 is 15.5 Å². The van der Waals surface area contributed by atoms with Crippen molar-refractivity contribution in [2.75, 3.05) is 18.4 Å². The van der Waals surface area contributed by atoms with Crippen LogP contribution in [0.4, 0.5) is 10.5 Å². The van der Waals surface area contributed by atoms with E-state index in [9.17, 15) is 9.59 Å². The second-order valence-corrected chi connectivity index (χ2v) is 5.88. The van der Waals surface area contributed by atoms with E-state index in [-0.39, 0.29) is 23.9 Å². The van der Waals surface area contributed by atoms with E-state index < -0.39 is 0 Å². The van der Waals surface area contributed by atoms with Crippen molar-refractivity contribution in [2.45, 2.75) is 39.2 Å². The summed E-state index contributed by atoms with van der Waals surface area (Å²) in [6, 6.07) is 9.55. The van der Waals surface area contributed by atoms with Gasteiger partial charge in [-0.1, -0.05) is 25.1 Å². The Morgan fingerprint density at radius 2 is 1.86 bits per heavy atom. The third kappa shape index (κ3) is 4.48. The molecule has 3 amide bonds. The fraction of sp³-hybridized carbons (Fsp3) is 0.529. The molecule has 0 aliphatic carbocycles. The van der Waals surface area contributed by atoms with Crippen molar-refractivity contribution in [2.24, 2.45) is 5.92 Å². The molecule has 1 aromatic carbocycles. The molecule has 1 atom stereocenters. The summed E-state index contributed by atoms with van der Waals surface area (Å²) in [5.41, 5.74) is 0.795. The van der Waals surface area contributed by atoms with Crippen LogP contribution in [0.3, 0.4) is 0 Å². The molecule has 1 aromatic rings. The van der Waals surface area contributed by atoms with Crippen molar-refractivity contribution < 1.29 is 9.59 Å². The second-order valence-electron chi connectivity index (χ2n) is 5.88. The van der Waals surface area contributed by atoms with Gasteiger partial charge in [-0.15, -0.1) is 0 Å². The highest BCUT2D eigenvalue weighted by molar-refractivity contribution is 5.89. The van der Waals surface area contributed by atoms with E-state index in [1.165, 1.54) is 0 Å². The van der Waals surface area contributed by atoms with Crippen LogP contribution < -0.4 is 10.6 Å². The molecular weight excluding hydrogens is 278 g/mol. The number of anilines is 1. The first-order chi connectivity index (χ1) is 10.6. The summed E-state index contributed by atoms with van der Waals surface area (Å²) >= 11 is 0. The summed E-state index contributed by atoms with van der Waals surface area (Å²) in [4.78, 5) is 26.1. The zero-order valence-electron chi connectivity index (χ0n) is 13.3. The van der Waals surface area contributed by atoms with E-state index >= 15 is 0 Å². The van der Waals surface area contributed by atoms with E-state index in [1.54, 1.807) is 4.90 Å². The number of nitrogens with zero attached hydrogens (tertiary/aromatic N) is 1. The fourth-order valence-corrected chi connectivity index (χ4v) is 2.53. The largest absolute Gasteiger partial charge is 0.353 e. The number of benzene rings is 1. The summed E-state index contributed by atoms with van der Waals surface area (Å²) in [6.45, 7) is 5.32. The summed E-state index contributed by atoms with van der Waals surface area (Å²) in [7, 11) is 0. The first-order valence-corrected chi connectivity index (χ1v) is 8.01. The summed E-state index contributed by atoms with van der Waals surface area (Å²) < 4.78 is 0. The normalized spacial score (nSPS) is 16.9. The molecule has 0 saturated carbocycles. The number of hydrogen-bond donors (Lipinski definition) is 2. The molecule has 1 heterocycles. The molecular formula is C17H25N3O2. The molecule has 0 aromatic heterocycles. The van der Waals surface area contributed by atoms with Crippen LogP contribution in [0, 0.1) is 5.92 Å². The highest BCUT2D eigenvalue weighted by Crippen LogP contribution is 2.18. The average molecular weight is 303 g/mol. The number of nitrogens with one attached hydrogen (secondary N) is 2. The molecule has 120 valence electrons. The lowest BCUT2D eigenvalue weighted by atomic mass is 9.95. The molecule has 5 nitrogen and oxygen atoms in total. The Hall–Kier alpha value is -2.04. The van der Waals surface area contributed by atoms with E-state index in [0.29, 0.717) is 13.1 Å². The molecule has 0 radical (unpaired) electrons.